The molecule has 4 nitrogen and oxygen atoms in total. The number of hydrogen-bond acceptors (Lipinski definition) is 4. The maximum atomic E-state index is 9.30. The summed E-state index contributed by atoms with van der Waals surface area (Å²) < 4.78 is 6.65. The fourth-order valence-electron chi connectivity index (χ4n) is 2.49. The molecule has 5 heteroatoms. The van der Waals surface area contributed by atoms with E-state index >= 15 is 0 Å². The molecule has 0 saturated heterocycles. The fourth-order valence-corrected chi connectivity index (χ4v) is 2.87. The number of pyridine rings is 1. The molecule has 0 atom stereocenters. The highest BCUT2D eigenvalue weighted by Gasteiger charge is 2.17. The number of anilines is 1. The van der Waals surface area contributed by atoms with Crippen molar-refractivity contribution in [3.63, 3.8) is 0 Å². The van der Waals surface area contributed by atoms with Crippen LogP contribution in [0.25, 0.3) is 0 Å². The second-order valence-corrected chi connectivity index (χ2v) is 5.97. The van der Waals surface area contributed by atoms with E-state index in [0.717, 1.165) is 41.4 Å². The third kappa shape index (κ3) is 2.86. The van der Waals surface area contributed by atoms with E-state index < -0.39 is 0 Å². The van der Waals surface area contributed by atoms with Crippen LogP contribution in [0.3, 0.4) is 0 Å². The lowest BCUT2D eigenvalue weighted by Gasteiger charge is -2.17. The summed E-state index contributed by atoms with van der Waals surface area (Å²) in [4.78, 5) is 4.53. The van der Waals surface area contributed by atoms with Crippen LogP contribution in [0.1, 0.15) is 29.7 Å². The number of nitrogens with two attached hydrogens (primary N) is 1. The summed E-state index contributed by atoms with van der Waals surface area (Å²) >= 11 is 3.36. The minimum atomic E-state index is 0.340. The van der Waals surface area contributed by atoms with E-state index in [0.29, 0.717) is 22.9 Å². The first-order valence-corrected chi connectivity index (χ1v) is 7.62. The van der Waals surface area contributed by atoms with Crippen molar-refractivity contribution in [1.29, 1.82) is 5.26 Å². The summed E-state index contributed by atoms with van der Waals surface area (Å²) in [7, 11) is 0. The summed E-state index contributed by atoms with van der Waals surface area (Å²) in [5, 5.41) is 9.30. The van der Waals surface area contributed by atoms with Crippen molar-refractivity contribution >= 4 is 21.6 Å². The average Bonchev–Trinajstić information content (AvgIpc) is 2.49. The van der Waals surface area contributed by atoms with Crippen LogP contribution in [0.2, 0.25) is 0 Å². The number of nitriles is 1. The highest BCUT2D eigenvalue weighted by Crippen LogP contribution is 2.32. The van der Waals surface area contributed by atoms with Gasteiger partial charge in [-0.2, -0.15) is 5.26 Å². The lowest BCUT2D eigenvalue weighted by molar-refractivity contribution is 0.458. The van der Waals surface area contributed by atoms with Gasteiger partial charge in [0, 0.05) is 10.2 Å². The SMILES string of the molecule is N#Cc1cc2c(nc1Oc1ccc(Br)cc1N)CCCC2. The maximum Gasteiger partial charge on any atom is 0.237 e. The van der Waals surface area contributed by atoms with E-state index in [2.05, 4.69) is 27.0 Å². The molecule has 0 aliphatic heterocycles. The Morgan fingerprint density at radius 3 is 2.81 bits per heavy atom. The monoisotopic (exact) mass is 343 g/mol. The Bertz CT molecular complexity index is 737. The lowest BCUT2D eigenvalue weighted by atomic mass is 9.95. The average molecular weight is 344 g/mol. The highest BCUT2D eigenvalue weighted by molar-refractivity contribution is 9.10. The molecule has 21 heavy (non-hydrogen) atoms. The summed E-state index contributed by atoms with van der Waals surface area (Å²) in [5.41, 5.74) is 9.09. The molecule has 0 bridgehead atoms. The van der Waals surface area contributed by atoms with Crippen molar-refractivity contribution < 1.29 is 4.74 Å². The Morgan fingerprint density at radius 1 is 1.24 bits per heavy atom. The number of halogens is 1. The van der Waals surface area contributed by atoms with Gasteiger partial charge in [0.25, 0.3) is 0 Å². The van der Waals surface area contributed by atoms with E-state index in [1.807, 2.05) is 12.1 Å². The first-order valence-electron chi connectivity index (χ1n) is 6.83. The van der Waals surface area contributed by atoms with E-state index in [1.165, 1.54) is 0 Å². The Balaban J connectivity index is 1.99. The molecular weight excluding hydrogens is 330 g/mol. The number of rotatable bonds is 2. The van der Waals surface area contributed by atoms with Crippen LogP contribution in [0, 0.1) is 11.3 Å². The number of aryl methyl sites for hydroxylation is 2. The molecule has 0 radical (unpaired) electrons. The van der Waals surface area contributed by atoms with Crippen molar-refractivity contribution in [1.82, 2.24) is 4.98 Å². The Kier molecular flexibility index (Phi) is 3.80. The molecule has 1 aromatic heterocycles. The number of fused-ring (bicyclic) bond motifs is 1. The molecular formula is C16H14BrN3O. The normalized spacial score (nSPS) is 13.3. The van der Waals surface area contributed by atoms with Gasteiger partial charge in [-0.05, 0) is 55.5 Å². The third-order valence-electron chi connectivity index (χ3n) is 3.56. The first-order chi connectivity index (χ1) is 10.2. The zero-order valence-electron chi connectivity index (χ0n) is 11.4. The molecule has 1 aliphatic carbocycles. The van der Waals surface area contributed by atoms with Gasteiger partial charge < -0.3 is 10.5 Å². The summed E-state index contributed by atoms with van der Waals surface area (Å²) in [6.45, 7) is 0. The van der Waals surface area contributed by atoms with Crippen LogP contribution in [0.15, 0.2) is 28.7 Å². The molecule has 3 rings (SSSR count). The molecule has 0 unspecified atom stereocenters. The topological polar surface area (TPSA) is 71.9 Å². The minimum Gasteiger partial charge on any atom is -0.436 e. The molecule has 0 amide bonds. The van der Waals surface area contributed by atoms with Gasteiger partial charge in [-0.25, -0.2) is 4.98 Å². The lowest BCUT2D eigenvalue weighted by Crippen LogP contribution is -2.07. The number of ether oxygens (including phenoxy) is 1. The third-order valence-corrected chi connectivity index (χ3v) is 4.06. The van der Waals surface area contributed by atoms with Crippen molar-refractivity contribution in [3.8, 4) is 17.7 Å². The second kappa shape index (κ2) is 5.74. The van der Waals surface area contributed by atoms with Crippen LogP contribution in [0.4, 0.5) is 5.69 Å². The predicted octanol–water partition coefficient (Wildman–Crippen LogP) is 3.97. The van der Waals surface area contributed by atoms with E-state index in [-0.39, 0.29) is 0 Å². The Hall–Kier alpha value is -2.06. The standard InChI is InChI=1S/C16H14BrN3O/c17-12-5-6-15(13(19)8-12)21-16-11(9-18)7-10-3-1-2-4-14(10)20-16/h5-8H,1-4,19H2. The zero-order valence-corrected chi connectivity index (χ0v) is 13.0. The van der Waals surface area contributed by atoms with Gasteiger partial charge in [-0.15, -0.1) is 0 Å². The maximum absolute atomic E-state index is 9.30. The summed E-state index contributed by atoms with van der Waals surface area (Å²) in [6, 6.07) is 9.43. The predicted molar refractivity (Wildman–Crippen MR) is 84.2 cm³/mol. The summed E-state index contributed by atoms with van der Waals surface area (Å²) in [6.07, 6.45) is 4.20. The summed E-state index contributed by atoms with van der Waals surface area (Å²) in [5.74, 6) is 0.852. The van der Waals surface area contributed by atoms with Gasteiger partial charge in [0.05, 0.1) is 5.69 Å². The highest BCUT2D eigenvalue weighted by atomic mass is 79.9. The van der Waals surface area contributed by atoms with Crippen LogP contribution in [0.5, 0.6) is 11.6 Å². The van der Waals surface area contributed by atoms with Crippen LogP contribution in [-0.2, 0) is 12.8 Å². The Labute approximate surface area is 131 Å². The molecule has 1 aromatic carbocycles. The van der Waals surface area contributed by atoms with Crippen molar-refractivity contribution in [2.24, 2.45) is 0 Å². The van der Waals surface area contributed by atoms with E-state index in [4.69, 9.17) is 10.5 Å². The number of nitrogen functional groups attached to an aromatic ring is 1. The smallest absolute Gasteiger partial charge is 0.237 e. The Morgan fingerprint density at radius 2 is 2.05 bits per heavy atom. The second-order valence-electron chi connectivity index (χ2n) is 5.05. The molecule has 2 aromatic rings. The molecule has 0 saturated carbocycles. The molecule has 1 aliphatic rings. The van der Waals surface area contributed by atoms with E-state index in [9.17, 15) is 5.26 Å². The minimum absolute atomic E-state index is 0.340. The molecule has 0 spiro atoms. The van der Waals surface area contributed by atoms with Gasteiger partial charge in [0.15, 0.2) is 5.75 Å². The van der Waals surface area contributed by atoms with E-state index in [1.54, 1.807) is 12.1 Å². The molecule has 106 valence electrons. The van der Waals surface area contributed by atoms with Crippen LogP contribution >= 0.6 is 15.9 Å². The molecule has 0 fully saturated rings. The largest absolute Gasteiger partial charge is 0.436 e. The quantitative estimate of drug-likeness (QED) is 0.837. The van der Waals surface area contributed by atoms with Gasteiger partial charge in [-0.3, -0.25) is 0 Å². The number of nitrogens with zero attached hydrogens (tertiary/aromatic N) is 2. The van der Waals surface area contributed by atoms with Gasteiger partial charge >= 0.3 is 0 Å². The van der Waals surface area contributed by atoms with Crippen molar-refractivity contribution in [2.45, 2.75) is 25.7 Å². The zero-order chi connectivity index (χ0) is 14.8. The van der Waals surface area contributed by atoms with Crippen LogP contribution < -0.4 is 10.5 Å². The molecule has 2 N–H and O–H groups in total. The van der Waals surface area contributed by atoms with Gasteiger partial charge in [0.2, 0.25) is 5.88 Å². The fraction of sp³-hybridized carbons (Fsp3) is 0.250. The van der Waals surface area contributed by atoms with Gasteiger partial charge in [0.1, 0.15) is 11.6 Å². The van der Waals surface area contributed by atoms with Gasteiger partial charge in [-0.1, -0.05) is 15.9 Å². The van der Waals surface area contributed by atoms with Crippen LogP contribution in [-0.4, -0.2) is 4.98 Å². The van der Waals surface area contributed by atoms with Crippen molar-refractivity contribution in [2.75, 3.05) is 5.73 Å². The number of benzene rings is 1. The number of hydrogen-bond donors (Lipinski definition) is 1. The first kappa shape index (κ1) is 13.9. The van der Waals surface area contributed by atoms with Crippen molar-refractivity contribution in [3.05, 3.63) is 45.6 Å². The molecule has 1 heterocycles. The number of aromatic nitrogens is 1.